The molecule has 2 aromatic heterocycles. The molecule has 0 fully saturated rings. The zero-order chi connectivity index (χ0) is 21.6. The summed E-state index contributed by atoms with van der Waals surface area (Å²) in [6.07, 6.45) is 3.53. The van der Waals surface area contributed by atoms with E-state index < -0.39 is 0 Å². The average Bonchev–Trinajstić information content (AvgIpc) is 2.83. The molecule has 0 radical (unpaired) electrons. The lowest BCUT2D eigenvalue weighted by atomic mass is 9.97. The summed E-state index contributed by atoms with van der Waals surface area (Å²) in [5.74, 6) is 2.38. The molecule has 5 heteroatoms. The first kappa shape index (κ1) is 20.5. The van der Waals surface area contributed by atoms with Crippen molar-refractivity contribution in [2.45, 2.75) is 26.3 Å². The highest BCUT2D eigenvalue weighted by Gasteiger charge is 2.14. The summed E-state index contributed by atoms with van der Waals surface area (Å²) in [7, 11) is 1.63. The summed E-state index contributed by atoms with van der Waals surface area (Å²) < 4.78 is 5.48. The van der Waals surface area contributed by atoms with E-state index in [1.807, 2.05) is 24.3 Å². The SMILES string of the molecule is COc1cnc(-c2ccccc2C(C)C)nc1NCc1ccc(-c2ccccn2)cc1. The molecule has 5 nitrogen and oxygen atoms in total. The molecule has 0 aliphatic carbocycles. The third-order valence-corrected chi connectivity index (χ3v) is 5.17. The number of hydrogen-bond donors (Lipinski definition) is 1. The van der Waals surface area contributed by atoms with E-state index in [-0.39, 0.29) is 0 Å². The van der Waals surface area contributed by atoms with E-state index in [0.717, 1.165) is 22.4 Å². The Morgan fingerprint density at radius 2 is 1.68 bits per heavy atom. The summed E-state index contributed by atoms with van der Waals surface area (Å²) in [5.41, 5.74) is 5.47. The van der Waals surface area contributed by atoms with Gasteiger partial charge in [0, 0.05) is 23.9 Å². The molecule has 0 saturated heterocycles. The number of nitrogens with zero attached hydrogens (tertiary/aromatic N) is 3. The number of rotatable bonds is 7. The monoisotopic (exact) mass is 410 g/mol. The van der Waals surface area contributed by atoms with Crippen LogP contribution in [0.4, 0.5) is 5.82 Å². The van der Waals surface area contributed by atoms with Gasteiger partial charge < -0.3 is 10.1 Å². The molecule has 2 heterocycles. The third-order valence-electron chi connectivity index (χ3n) is 5.17. The highest BCUT2D eigenvalue weighted by atomic mass is 16.5. The summed E-state index contributed by atoms with van der Waals surface area (Å²) in [6.45, 7) is 4.98. The second-order valence-corrected chi connectivity index (χ2v) is 7.62. The molecule has 0 amide bonds. The van der Waals surface area contributed by atoms with E-state index in [9.17, 15) is 0 Å². The maximum atomic E-state index is 5.48. The van der Waals surface area contributed by atoms with Crippen molar-refractivity contribution in [3.8, 4) is 28.4 Å². The molecule has 0 saturated carbocycles. The number of benzene rings is 2. The molecule has 31 heavy (non-hydrogen) atoms. The van der Waals surface area contributed by atoms with Crippen LogP contribution in [0.5, 0.6) is 5.75 Å². The molecule has 0 aliphatic heterocycles. The lowest BCUT2D eigenvalue weighted by molar-refractivity contribution is 0.413. The predicted octanol–water partition coefficient (Wildman–Crippen LogP) is 5.95. The summed E-state index contributed by atoms with van der Waals surface area (Å²) in [6, 6.07) is 22.6. The van der Waals surface area contributed by atoms with Crippen LogP contribution in [0.3, 0.4) is 0 Å². The topological polar surface area (TPSA) is 59.9 Å². The second kappa shape index (κ2) is 9.39. The van der Waals surface area contributed by atoms with Gasteiger partial charge >= 0.3 is 0 Å². The summed E-state index contributed by atoms with van der Waals surface area (Å²) >= 11 is 0. The van der Waals surface area contributed by atoms with E-state index in [2.05, 4.69) is 71.6 Å². The lowest BCUT2D eigenvalue weighted by Crippen LogP contribution is -2.06. The Balaban J connectivity index is 1.55. The number of hydrogen-bond acceptors (Lipinski definition) is 5. The van der Waals surface area contributed by atoms with E-state index in [0.29, 0.717) is 29.9 Å². The molecular weight excluding hydrogens is 384 g/mol. The van der Waals surface area contributed by atoms with Crippen molar-refractivity contribution in [3.63, 3.8) is 0 Å². The third kappa shape index (κ3) is 4.72. The number of aromatic nitrogens is 3. The molecule has 0 atom stereocenters. The fourth-order valence-corrected chi connectivity index (χ4v) is 3.49. The van der Waals surface area contributed by atoms with E-state index >= 15 is 0 Å². The maximum Gasteiger partial charge on any atom is 0.179 e. The molecule has 2 aromatic carbocycles. The van der Waals surface area contributed by atoms with Gasteiger partial charge in [0.1, 0.15) is 0 Å². The van der Waals surface area contributed by atoms with E-state index in [4.69, 9.17) is 9.72 Å². The Kier molecular flexibility index (Phi) is 6.22. The Hall–Kier alpha value is -3.73. The lowest BCUT2D eigenvalue weighted by Gasteiger charge is -2.14. The Bertz CT molecular complexity index is 1140. The zero-order valence-electron chi connectivity index (χ0n) is 18.0. The van der Waals surface area contributed by atoms with Crippen LogP contribution in [-0.2, 0) is 6.54 Å². The maximum absolute atomic E-state index is 5.48. The van der Waals surface area contributed by atoms with Gasteiger partial charge in [-0.3, -0.25) is 4.98 Å². The Morgan fingerprint density at radius 3 is 2.39 bits per heavy atom. The molecule has 156 valence electrons. The minimum absolute atomic E-state index is 0.385. The van der Waals surface area contributed by atoms with Gasteiger partial charge in [-0.25, -0.2) is 9.97 Å². The van der Waals surface area contributed by atoms with Crippen molar-refractivity contribution in [2.75, 3.05) is 12.4 Å². The standard InChI is InChI=1S/C26H26N4O/c1-18(2)21-8-4-5-9-22(21)25-29-17-24(31-3)26(30-25)28-16-19-11-13-20(14-12-19)23-10-6-7-15-27-23/h4-15,17-18H,16H2,1-3H3,(H,28,29,30). The highest BCUT2D eigenvalue weighted by molar-refractivity contribution is 5.64. The minimum Gasteiger partial charge on any atom is -0.491 e. The van der Waals surface area contributed by atoms with Gasteiger partial charge in [-0.2, -0.15) is 0 Å². The largest absolute Gasteiger partial charge is 0.491 e. The first-order chi connectivity index (χ1) is 15.2. The van der Waals surface area contributed by atoms with Crippen molar-refractivity contribution < 1.29 is 4.74 Å². The first-order valence-corrected chi connectivity index (χ1v) is 10.4. The van der Waals surface area contributed by atoms with E-state index in [1.165, 1.54) is 5.56 Å². The number of nitrogens with one attached hydrogen (secondary N) is 1. The summed E-state index contributed by atoms with van der Waals surface area (Å²) in [4.78, 5) is 13.7. The fourth-order valence-electron chi connectivity index (χ4n) is 3.49. The predicted molar refractivity (Wildman–Crippen MR) is 125 cm³/mol. The summed E-state index contributed by atoms with van der Waals surface area (Å²) in [5, 5.41) is 3.41. The van der Waals surface area contributed by atoms with Gasteiger partial charge in [-0.05, 0) is 29.2 Å². The van der Waals surface area contributed by atoms with Crippen LogP contribution < -0.4 is 10.1 Å². The van der Waals surface area contributed by atoms with Crippen LogP contribution in [0.15, 0.2) is 79.1 Å². The number of methoxy groups -OCH3 is 1. The minimum atomic E-state index is 0.385. The van der Waals surface area contributed by atoms with Gasteiger partial charge in [0.25, 0.3) is 0 Å². The van der Waals surface area contributed by atoms with Crippen LogP contribution in [-0.4, -0.2) is 22.1 Å². The number of pyridine rings is 1. The molecule has 0 unspecified atom stereocenters. The van der Waals surface area contributed by atoms with Crippen molar-refractivity contribution in [2.24, 2.45) is 0 Å². The first-order valence-electron chi connectivity index (χ1n) is 10.4. The van der Waals surface area contributed by atoms with Crippen LogP contribution in [0.1, 0.15) is 30.9 Å². The second-order valence-electron chi connectivity index (χ2n) is 7.62. The van der Waals surface area contributed by atoms with Crippen molar-refractivity contribution in [1.29, 1.82) is 0 Å². The van der Waals surface area contributed by atoms with Crippen molar-refractivity contribution in [1.82, 2.24) is 15.0 Å². The van der Waals surface area contributed by atoms with Gasteiger partial charge in [0.15, 0.2) is 17.4 Å². The van der Waals surface area contributed by atoms with Crippen LogP contribution in [0, 0.1) is 0 Å². The normalized spacial score (nSPS) is 10.8. The highest BCUT2D eigenvalue weighted by Crippen LogP contribution is 2.30. The van der Waals surface area contributed by atoms with Gasteiger partial charge in [0.2, 0.25) is 0 Å². The van der Waals surface area contributed by atoms with Crippen molar-refractivity contribution in [3.05, 3.63) is 90.3 Å². The Morgan fingerprint density at radius 1 is 0.903 bits per heavy atom. The Labute approximate surface area is 183 Å². The molecular formula is C26H26N4O. The van der Waals surface area contributed by atoms with Crippen LogP contribution in [0.2, 0.25) is 0 Å². The number of ether oxygens (including phenoxy) is 1. The smallest absolute Gasteiger partial charge is 0.179 e. The quantitative estimate of drug-likeness (QED) is 0.408. The molecule has 4 rings (SSSR count). The number of anilines is 1. The van der Waals surface area contributed by atoms with Gasteiger partial charge in [0.05, 0.1) is 19.0 Å². The molecule has 4 aromatic rings. The molecule has 0 aliphatic rings. The molecule has 0 spiro atoms. The zero-order valence-corrected chi connectivity index (χ0v) is 18.0. The van der Waals surface area contributed by atoms with Crippen molar-refractivity contribution >= 4 is 5.82 Å². The average molecular weight is 411 g/mol. The van der Waals surface area contributed by atoms with E-state index in [1.54, 1.807) is 19.5 Å². The fraction of sp³-hybridized carbons (Fsp3) is 0.192. The van der Waals surface area contributed by atoms with Crippen LogP contribution in [0.25, 0.3) is 22.6 Å². The van der Waals surface area contributed by atoms with Gasteiger partial charge in [-0.1, -0.05) is 68.4 Å². The molecule has 0 bridgehead atoms. The molecule has 1 N–H and O–H groups in total. The van der Waals surface area contributed by atoms with Gasteiger partial charge in [-0.15, -0.1) is 0 Å². The van der Waals surface area contributed by atoms with Crippen LogP contribution >= 0.6 is 0 Å².